The molecular weight excluding hydrogens is 362 g/mol. The van der Waals surface area contributed by atoms with Crippen molar-refractivity contribution in [1.29, 1.82) is 0 Å². The normalized spacial score (nSPS) is 10.6. The minimum Gasteiger partial charge on any atom is -0.467 e. The smallest absolute Gasteiger partial charge is 0.281 e. The summed E-state index contributed by atoms with van der Waals surface area (Å²) in [6.07, 6.45) is 5.21. The van der Waals surface area contributed by atoms with Crippen LogP contribution >= 0.6 is 0 Å². The van der Waals surface area contributed by atoms with E-state index in [2.05, 4.69) is 20.9 Å². The summed E-state index contributed by atoms with van der Waals surface area (Å²) in [4.78, 5) is 41.1. The summed E-state index contributed by atoms with van der Waals surface area (Å²) in [6, 6.07) is 6.67. The van der Waals surface area contributed by atoms with Gasteiger partial charge in [-0.15, -0.1) is 0 Å². The molecule has 0 bridgehead atoms. The van der Waals surface area contributed by atoms with Crippen molar-refractivity contribution < 1.29 is 14.0 Å². The number of hydrogen-bond donors (Lipinski definition) is 3. The van der Waals surface area contributed by atoms with Crippen molar-refractivity contribution in [3.63, 3.8) is 0 Å². The fraction of sp³-hybridized carbons (Fsp3) is 0.263. The summed E-state index contributed by atoms with van der Waals surface area (Å²) in [5.74, 6) is 0.0324. The highest BCUT2D eigenvalue weighted by molar-refractivity contribution is 5.99. The molecule has 0 spiro atoms. The van der Waals surface area contributed by atoms with Crippen molar-refractivity contribution in [3.05, 3.63) is 64.6 Å². The molecule has 9 heteroatoms. The molecule has 0 aromatic carbocycles. The second-order valence-corrected chi connectivity index (χ2v) is 6.06. The predicted molar refractivity (Wildman–Crippen MR) is 103 cm³/mol. The number of nitrogens with one attached hydrogen (secondary N) is 3. The Morgan fingerprint density at radius 1 is 1.21 bits per heavy atom. The molecule has 3 aromatic rings. The van der Waals surface area contributed by atoms with E-state index in [1.54, 1.807) is 24.3 Å². The van der Waals surface area contributed by atoms with E-state index in [0.717, 1.165) is 6.42 Å². The van der Waals surface area contributed by atoms with Crippen LogP contribution in [0.3, 0.4) is 0 Å². The molecule has 0 saturated carbocycles. The van der Waals surface area contributed by atoms with Gasteiger partial charge in [-0.2, -0.15) is 0 Å². The van der Waals surface area contributed by atoms with Crippen LogP contribution in [-0.4, -0.2) is 34.3 Å². The number of rotatable bonds is 8. The van der Waals surface area contributed by atoms with Crippen LogP contribution in [0.2, 0.25) is 0 Å². The topological polar surface area (TPSA) is 118 Å². The third-order valence-corrected chi connectivity index (χ3v) is 3.99. The van der Waals surface area contributed by atoms with Crippen LogP contribution in [-0.2, 0) is 11.3 Å². The molecule has 0 saturated heterocycles. The maximum Gasteiger partial charge on any atom is 0.281 e. The third kappa shape index (κ3) is 4.37. The maximum absolute atomic E-state index is 12.7. The lowest BCUT2D eigenvalue weighted by molar-refractivity contribution is -0.119. The third-order valence-electron chi connectivity index (χ3n) is 3.99. The zero-order chi connectivity index (χ0) is 19.9. The van der Waals surface area contributed by atoms with E-state index in [-0.39, 0.29) is 41.8 Å². The molecule has 28 heavy (non-hydrogen) atoms. The number of furan rings is 1. The molecule has 3 N–H and O–H groups in total. The van der Waals surface area contributed by atoms with Crippen LogP contribution in [0.25, 0.3) is 5.65 Å². The first-order chi connectivity index (χ1) is 13.6. The average molecular weight is 383 g/mol. The fourth-order valence-electron chi connectivity index (χ4n) is 2.58. The van der Waals surface area contributed by atoms with E-state index < -0.39 is 5.56 Å². The molecule has 0 unspecified atom stereocenters. The van der Waals surface area contributed by atoms with Gasteiger partial charge < -0.3 is 20.4 Å². The molecule has 0 aliphatic heterocycles. The fourth-order valence-corrected chi connectivity index (χ4v) is 2.58. The molecular formula is C19H21N5O4. The molecule has 3 heterocycles. The number of aromatic nitrogens is 2. The second-order valence-electron chi connectivity index (χ2n) is 6.06. The first kappa shape index (κ1) is 19.2. The van der Waals surface area contributed by atoms with Crippen LogP contribution in [0.4, 0.5) is 5.69 Å². The largest absolute Gasteiger partial charge is 0.467 e. The Kier molecular flexibility index (Phi) is 6.05. The quantitative estimate of drug-likeness (QED) is 0.537. The van der Waals surface area contributed by atoms with Crippen molar-refractivity contribution in [3.8, 4) is 0 Å². The van der Waals surface area contributed by atoms with Crippen LogP contribution in [0.1, 0.15) is 29.5 Å². The van der Waals surface area contributed by atoms with Crippen molar-refractivity contribution in [2.24, 2.45) is 0 Å². The zero-order valence-corrected chi connectivity index (χ0v) is 15.4. The van der Waals surface area contributed by atoms with Crippen molar-refractivity contribution in [2.45, 2.75) is 19.9 Å². The zero-order valence-electron chi connectivity index (χ0n) is 15.4. The van der Waals surface area contributed by atoms with Gasteiger partial charge >= 0.3 is 0 Å². The molecule has 2 amide bonds. The Balaban J connectivity index is 1.77. The maximum atomic E-state index is 12.7. The van der Waals surface area contributed by atoms with Gasteiger partial charge in [-0.25, -0.2) is 4.98 Å². The predicted octanol–water partition coefficient (Wildman–Crippen LogP) is 1.16. The van der Waals surface area contributed by atoms with E-state index in [1.165, 1.54) is 23.1 Å². The average Bonchev–Trinajstić information content (AvgIpc) is 3.23. The first-order valence-electron chi connectivity index (χ1n) is 8.91. The van der Waals surface area contributed by atoms with E-state index in [1.807, 2.05) is 6.92 Å². The minimum absolute atomic E-state index is 0.0354. The SMILES string of the molecule is CCCNC(=O)CNc1cnc2c(C(=O)NCc3ccco3)cccn2c1=O. The number of carbonyl (C=O) groups is 2. The Labute approximate surface area is 160 Å². The summed E-state index contributed by atoms with van der Waals surface area (Å²) in [7, 11) is 0. The molecule has 0 aliphatic rings. The lowest BCUT2D eigenvalue weighted by Crippen LogP contribution is -2.32. The monoisotopic (exact) mass is 383 g/mol. The van der Waals surface area contributed by atoms with E-state index in [4.69, 9.17) is 4.42 Å². The number of hydrogen-bond acceptors (Lipinski definition) is 6. The summed E-state index contributed by atoms with van der Waals surface area (Å²) in [5, 5.41) is 8.23. The summed E-state index contributed by atoms with van der Waals surface area (Å²) >= 11 is 0. The Hall–Kier alpha value is -3.62. The number of anilines is 1. The first-order valence-corrected chi connectivity index (χ1v) is 8.91. The van der Waals surface area contributed by atoms with E-state index in [9.17, 15) is 14.4 Å². The van der Waals surface area contributed by atoms with Gasteiger partial charge in [0.05, 0.1) is 31.1 Å². The van der Waals surface area contributed by atoms with Gasteiger partial charge in [0.25, 0.3) is 11.5 Å². The second kappa shape index (κ2) is 8.85. The van der Waals surface area contributed by atoms with Crippen LogP contribution in [0, 0.1) is 0 Å². The number of nitrogens with zero attached hydrogens (tertiary/aromatic N) is 2. The highest BCUT2D eigenvalue weighted by atomic mass is 16.3. The van der Waals surface area contributed by atoms with Gasteiger partial charge in [0, 0.05) is 12.7 Å². The van der Waals surface area contributed by atoms with Gasteiger partial charge in [-0.3, -0.25) is 18.8 Å². The highest BCUT2D eigenvalue weighted by Crippen LogP contribution is 2.09. The van der Waals surface area contributed by atoms with Gasteiger partial charge in [-0.1, -0.05) is 6.92 Å². The van der Waals surface area contributed by atoms with Crippen LogP contribution in [0.5, 0.6) is 0 Å². The standard InChI is InChI=1S/C19H21N5O4/c1-2-7-20-16(25)12-21-15-11-22-17-14(6-3-8-24(17)19(15)27)18(26)23-10-13-5-4-9-28-13/h3-6,8-9,11,21H,2,7,10,12H2,1H3,(H,20,25)(H,23,26). The lowest BCUT2D eigenvalue weighted by Gasteiger charge is -2.10. The molecule has 3 rings (SSSR count). The van der Waals surface area contributed by atoms with E-state index in [0.29, 0.717) is 12.3 Å². The molecule has 146 valence electrons. The minimum atomic E-state index is -0.394. The number of fused-ring (bicyclic) bond motifs is 1. The highest BCUT2D eigenvalue weighted by Gasteiger charge is 2.14. The van der Waals surface area contributed by atoms with Crippen molar-refractivity contribution >= 4 is 23.1 Å². The number of amides is 2. The Bertz CT molecular complexity index is 1030. The molecule has 0 atom stereocenters. The Morgan fingerprint density at radius 2 is 2.07 bits per heavy atom. The molecule has 0 aliphatic carbocycles. The molecule has 0 radical (unpaired) electrons. The Morgan fingerprint density at radius 3 is 2.82 bits per heavy atom. The summed E-state index contributed by atoms with van der Waals surface area (Å²) < 4.78 is 6.46. The summed E-state index contributed by atoms with van der Waals surface area (Å²) in [6.45, 7) is 2.72. The van der Waals surface area contributed by atoms with Gasteiger partial charge in [-0.05, 0) is 30.7 Å². The lowest BCUT2D eigenvalue weighted by atomic mass is 10.2. The number of pyridine rings is 1. The molecule has 0 fully saturated rings. The van der Waals surface area contributed by atoms with E-state index >= 15 is 0 Å². The summed E-state index contributed by atoms with van der Waals surface area (Å²) in [5.41, 5.74) is 0.273. The molecule has 9 nitrogen and oxygen atoms in total. The molecule has 3 aromatic heterocycles. The van der Waals surface area contributed by atoms with Gasteiger partial charge in [0.15, 0.2) is 5.65 Å². The number of carbonyl (C=O) groups excluding carboxylic acids is 2. The van der Waals surface area contributed by atoms with Crippen LogP contribution < -0.4 is 21.5 Å². The van der Waals surface area contributed by atoms with Gasteiger partial charge in [0.2, 0.25) is 5.91 Å². The van der Waals surface area contributed by atoms with Crippen molar-refractivity contribution in [2.75, 3.05) is 18.4 Å². The van der Waals surface area contributed by atoms with Crippen molar-refractivity contribution in [1.82, 2.24) is 20.0 Å². The van der Waals surface area contributed by atoms with Gasteiger partial charge in [0.1, 0.15) is 11.4 Å². The van der Waals surface area contributed by atoms with Crippen LogP contribution in [0.15, 0.2) is 52.1 Å².